The van der Waals surface area contributed by atoms with E-state index in [2.05, 4.69) is 0 Å². The van der Waals surface area contributed by atoms with Crippen LogP contribution in [0.4, 0.5) is 4.39 Å². The van der Waals surface area contributed by atoms with E-state index in [0.29, 0.717) is 22.5 Å². The topological polar surface area (TPSA) is 85.6 Å². The van der Waals surface area contributed by atoms with E-state index in [0.717, 1.165) is 11.9 Å². The Morgan fingerprint density at radius 2 is 1.80 bits per heavy atom. The van der Waals surface area contributed by atoms with E-state index in [9.17, 15) is 22.7 Å². The van der Waals surface area contributed by atoms with Gasteiger partial charge in [-0.3, -0.25) is 0 Å². The molecule has 0 aliphatic heterocycles. The van der Waals surface area contributed by atoms with Crippen LogP contribution in [0.2, 0.25) is 5.02 Å². The van der Waals surface area contributed by atoms with Crippen molar-refractivity contribution in [3.05, 3.63) is 100 Å². The molecule has 9 heteroatoms. The summed E-state index contributed by atoms with van der Waals surface area (Å²) in [6.45, 7) is 1.81. The van der Waals surface area contributed by atoms with Crippen LogP contribution in [-0.2, 0) is 16.4 Å². The maximum Gasteiger partial charge on any atom is 0.335 e. The van der Waals surface area contributed by atoms with E-state index in [1.807, 2.05) is 13.0 Å². The Hall–Kier alpha value is -3.62. The molecule has 0 radical (unpaired) electrons. The first-order chi connectivity index (χ1) is 16.6. The van der Waals surface area contributed by atoms with E-state index >= 15 is 0 Å². The fourth-order valence-corrected chi connectivity index (χ4v) is 4.96. The summed E-state index contributed by atoms with van der Waals surface area (Å²) in [6.07, 6.45) is 1.11. The SMILES string of the molecule is Cc1ccc(-c2c(OCc3ccc(F)cc3Cl)cccc2S(C)(=O)=O)n1-c1cccc(C(=O)O)c1. The number of carboxylic acids is 1. The van der Waals surface area contributed by atoms with Gasteiger partial charge in [-0.1, -0.05) is 29.8 Å². The highest BCUT2D eigenvalue weighted by Gasteiger charge is 2.23. The van der Waals surface area contributed by atoms with Gasteiger partial charge in [-0.25, -0.2) is 17.6 Å². The van der Waals surface area contributed by atoms with Gasteiger partial charge in [0.15, 0.2) is 9.84 Å². The quantitative estimate of drug-likeness (QED) is 0.331. The minimum absolute atomic E-state index is 0.0203. The van der Waals surface area contributed by atoms with Gasteiger partial charge in [0.1, 0.15) is 18.2 Å². The lowest BCUT2D eigenvalue weighted by Crippen LogP contribution is -2.08. The van der Waals surface area contributed by atoms with E-state index in [4.69, 9.17) is 16.3 Å². The molecule has 0 fully saturated rings. The van der Waals surface area contributed by atoms with Crippen LogP contribution in [0.1, 0.15) is 21.6 Å². The number of sulfone groups is 1. The first-order valence-corrected chi connectivity index (χ1v) is 12.8. The Balaban J connectivity index is 1.89. The van der Waals surface area contributed by atoms with Gasteiger partial charge in [0.25, 0.3) is 0 Å². The number of rotatable bonds is 7. The Kier molecular flexibility index (Phi) is 6.69. The van der Waals surface area contributed by atoms with Gasteiger partial charge in [0.2, 0.25) is 0 Å². The highest BCUT2D eigenvalue weighted by Crippen LogP contribution is 2.39. The summed E-state index contributed by atoms with van der Waals surface area (Å²) < 4.78 is 46.7. The highest BCUT2D eigenvalue weighted by molar-refractivity contribution is 7.90. The second kappa shape index (κ2) is 9.56. The number of halogens is 2. The summed E-state index contributed by atoms with van der Waals surface area (Å²) >= 11 is 6.14. The molecular weight excluding hydrogens is 493 g/mol. The lowest BCUT2D eigenvalue weighted by Gasteiger charge is -2.19. The van der Waals surface area contributed by atoms with Crippen molar-refractivity contribution in [2.24, 2.45) is 0 Å². The van der Waals surface area contributed by atoms with Crippen LogP contribution in [0.15, 0.2) is 77.7 Å². The summed E-state index contributed by atoms with van der Waals surface area (Å²) in [5, 5.41) is 9.62. The fraction of sp³-hybridized carbons (Fsp3) is 0.115. The molecule has 1 aromatic heterocycles. The van der Waals surface area contributed by atoms with Gasteiger partial charge in [0.05, 0.1) is 26.7 Å². The summed E-state index contributed by atoms with van der Waals surface area (Å²) in [7, 11) is -3.68. The van der Waals surface area contributed by atoms with Crippen molar-refractivity contribution in [3.8, 4) is 22.7 Å². The molecule has 4 aromatic rings. The van der Waals surface area contributed by atoms with Crippen molar-refractivity contribution in [3.63, 3.8) is 0 Å². The summed E-state index contributed by atoms with van der Waals surface area (Å²) in [5.41, 5.74) is 2.77. The number of aromatic carboxylic acids is 1. The van der Waals surface area contributed by atoms with Crippen LogP contribution in [0.5, 0.6) is 5.75 Å². The van der Waals surface area contributed by atoms with Crippen LogP contribution < -0.4 is 4.74 Å². The molecule has 0 aliphatic rings. The molecule has 0 aliphatic carbocycles. The molecule has 6 nitrogen and oxygen atoms in total. The first kappa shape index (κ1) is 24.5. The van der Waals surface area contributed by atoms with Crippen LogP contribution in [0, 0.1) is 12.7 Å². The number of hydrogen-bond donors (Lipinski definition) is 1. The van der Waals surface area contributed by atoms with Crippen LogP contribution in [-0.4, -0.2) is 30.3 Å². The molecule has 4 rings (SSSR count). The van der Waals surface area contributed by atoms with E-state index in [-0.39, 0.29) is 27.8 Å². The van der Waals surface area contributed by atoms with Crippen molar-refractivity contribution >= 4 is 27.4 Å². The second-order valence-corrected chi connectivity index (χ2v) is 10.4. The molecule has 0 amide bonds. The van der Waals surface area contributed by atoms with Gasteiger partial charge >= 0.3 is 5.97 Å². The van der Waals surface area contributed by atoms with Crippen molar-refractivity contribution in [1.82, 2.24) is 4.57 Å². The normalized spacial score (nSPS) is 11.4. The maximum absolute atomic E-state index is 13.4. The molecule has 0 atom stereocenters. The minimum Gasteiger partial charge on any atom is -0.488 e. The highest BCUT2D eigenvalue weighted by atomic mass is 35.5. The van der Waals surface area contributed by atoms with Crippen molar-refractivity contribution in [1.29, 1.82) is 0 Å². The molecule has 0 saturated heterocycles. The number of benzene rings is 3. The zero-order valence-corrected chi connectivity index (χ0v) is 20.4. The molecule has 3 aromatic carbocycles. The van der Waals surface area contributed by atoms with Crippen molar-refractivity contribution < 1.29 is 27.4 Å². The number of aryl methyl sites for hydroxylation is 1. The van der Waals surface area contributed by atoms with Gasteiger partial charge < -0.3 is 14.4 Å². The predicted octanol–water partition coefficient (Wildman–Crippen LogP) is 5.93. The Morgan fingerprint density at radius 1 is 1.06 bits per heavy atom. The molecule has 1 heterocycles. The monoisotopic (exact) mass is 513 g/mol. The Labute approximate surface area is 207 Å². The number of carboxylic acid groups (broad SMARTS) is 1. The predicted molar refractivity (Wildman–Crippen MR) is 132 cm³/mol. The first-order valence-electron chi connectivity index (χ1n) is 10.5. The lowest BCUT2D eigenvalue weighted by molar-refractivity contribution is 0.0697. The van der Waals surface area contributed by atoms with Gasteiger partial charge in [-0.05, 0) is 61.5 Å². The second-order valence-electron chi connectivity index (χ2n) is 7.98. The third-order valence-electron chi connectivity index (χ3n) is 5.47. The fourth-order valence-electron chi connectivity index (χ4n) is 3.84. The third kappa shape index (κ3) is 5.08. The zero-order valence-electron chi connectivity index (χ0n) is 18.8. The molecule has 180 valence electrons. The number of ether oxygens (including phenoxy) is 1. The van der Waals surface area contributed by atoms with Gasteiger partial charge in [0, 0.05) is 23.2 Å². The molecule has 0 unspecified atom stereocenters. The van der Waals surface area contributed by atoms with E-state index in [1.54, 1.807) is 34.9 Å². The number of aromatic nitrogens is 1. The Bertz CT molecular complexity index is 1550. The Morgan fingerprint density at radius 3 is 2.49 bits per heavy atom. The molecular formula is C26H21ClFNO5S. The molecule has 35 heavy (non-hydrogen) atoms. The van der Waals surface area contributed by atoms with E-state index in [1.165, 1.54) is 36.4 Å². The van der Waals surface area contributed by atoms with Crippen LogP contribution in [0.3, 0.4) is 0 Å². The maximum atomic E-state index is 13.4. The minimum atomic E-state index is -3.68. The van der Waals surface area contributed by atoms with Crippen molar-refractivity contribution in [2.75, 3.05) is 6.26 Å². The lowest BCUT2D eigenvalue weighted by atomic mass is 10.1. The number of carbonyl (C=O) groups is 1. The van der Waals surface area contributed by atoms with Gasteiger partial charge in [-0.2, -0.15) is 0 Å². The van der Waals surface area contributed by atoms with Gasteiger partial charge in [-0.15, -0.1) is 0 Å². The summed E-state index contributed by atoms with van der Waals surface area (Å²) in [5.74, 6) is -1.27. The number of nitrogens with zero attached hydrogens (tertiary/aromatic N) is 1. The van der Waals surface area contributed by atoms with Crippen molar-refractivity contribution in [2.45, 2.75) is 18.4 Å². The molecule has 0 saturated carbocycles. The third-order valence-corrected chi connectivity index (χ3v) is 6.96. The average Bonchev–Trinajstić information content (AvgIpc) is 3.18. The van der Waals surface area contributed by atoms with Crippen LogP contribution >= 0.6 is 11.6 Å². The standard InChI is InChI=1S/C26H21ClFNO5S/c1-16-9-12-22(29(16)20-6-3-5-17(13-20)26(30)31)25-23(7-4-8-24(25)35(2,32)33)34-15-18-10-11-19(28)14-21(18)27/h3-14H,15H2,1-2H3,(H,30,31). The average molecular weight is 514 g/mol. The molecule has 0 spiro atoms. The summed E-state index contributed by atoms with van der Waals surface area (Å²) in [6, 6.07) is 18.6. The molecule has 1 N–H and O–H groups in total. The molecule has 0 bridgehead atoms. The zero-order chi connectivity index (χ0) is 25.3. The number of hydrogen-bond acceptors (Lipinski definition) is 4. The van der Waals surface area contributed by atoms with E-state index < -0.39 is 21.6 Å². The summed E-state index contributed by atoms with van der Waals surface area (Å²) in [4.78, 5) is 11.6. The largest absolute Gasteiger partial charge is 0.488 e. The van der Waals surface area contributed by atoms with Crippen LogP contribution in [0.25, 0.3) is 16.9 Å². The smallest absolute Gasteiger partial charge is 0.335 e.